The number of nitrogens with two attached hydrogens (primary N) is 1. The Bertz CT molecular complexity index is 397. The van der Waals surface area contributed by atoms with E-state index in [0.29, 0.717) is 12.0 Å². The van der Waals surface area contributed by atoms with Gasteiger partial charge < -0.3 is 10.5 Å². The van der Waals surface area contributed by atoms with E-state index >= 15 is 0 Å². The highest BCUT2D eigenvalue weighted by Crippen LogP contribution is 2.27. The average molecular weight is 268 g/mol. The number of nitrogens with zero attached hydrogens (tertiary/aromatic N) is 1. The van der Waals surface area contributed by atoms with Crippen molar-refractivity contribution in [3.05, 3.63) is 16.1 Å². The summed E-state index contributed by atoms with van der Waals surface area (Å²) in [5.41, 5.74) is 7.58. The first-order chi connectivity index (χ1) is 8.36. The first-order valence-corrected chi connectivity index (χ1v) is 7.56. The Morgan fingerprint density at radius 1 is 1.56 bits per heavy atom. The van der Waals surface area contributed by atoms with Crippen molar-refractivity contribution in [1.29, 1.82) is 0 Å². The van der Waals surface area contributed by atoms with Crippen LogP contribution in [0.4, 0.5) is 0 Å². The molecule has 3 atom stereocenters. The number of thiazole rings is 1. The second-order valence-electron chi connectivity index (χ2n) is 6.38. The molecular weight excluding hydrogens is 244 g/mol. The Morgan fingerprint density at radius 3 is 2.78 bits per heavy atom. The Labute approximate surface area is 114 Å². The summed E-state index contributed by atoms with van der Waals surface area (Å²) in [6.07, 6.45) is 2.32. The smallest absolute Gasteiger partial charge is 0.0944 e. The fraction of sp³-hybridized carbons (Fsp3) is 0.786. The molecule has 4 heteroatoms. The van der Waals surface area contributed by atoms with Crippen molar-refractivity contribution in [3.63, 3.8) is 0 Å². The van der Waals surface area contributed by atoms with E-state index in [0.717, 1.165) is 24.5 Å². The van der Waals surface area contributed by atoms with Gasteiger partial charge >= 0.3 is 0 Å². The molecule has 0 bridgehead atoms. The molecule has 2 rings (SSSR count). The number of hydrogen-bond acceptors (Lipinski definition) is 4. The minimum absolute atomic E-state index is 0.129. The van der Waals surface area contributed by atoms with Crippen LogP contribution in [-0.4, -0.2) is 23.7 Å². The fourth-order valence-electron chi connectivity index (χ4n) is 2.27. The van der Waals surface area contributed by atoms with Crippen molar-refractivity contribution in [2.24, 2.45) is 11.7 Å². The molecule has 1 aromatic rings. The third-order valence-corrected chi connectivity index (χ3v) is 4.44. The van der Waals surface area contributed by atoms with E-state index in [1.807, 2.05) is 0 Å². The van der Waals surface area contributed by atoms with Gasteiger partial charge in [-0.3, -0.25) is 0 Å². The van der Waals surface area contributed by atoms with Crippen molar-refractivity contribution >= 4 is 11.3 Å². The van der Waals surface area contributed by atoms with Crippen LogP contribution in [0.2, 0.25) is 0 Å². The van der Waals surface area contributed by atoms with Gasteiger partial charge in [-0.2, -0.15) is 0 Å². The summed E-state index contributed by atoms with van der Waals surface area (Å²) in [7, 11) is 0. The third kappa shape index (κ3) is 3.31. The van der Waals surface area contributed by atoms with Crippen molar-refractivity contribution in [2.45, 2.75) is 58.1 Å². The largest absolute Gasteiger partial charge is 0.378 e. The van der Waals surface area contributed by atoms with Crippen molar-refractivity contribution in [2.75, 3.05) is 6.61 Å². The van der Waals surface area contributed by atoms with Crippen LogP contribution < -0.4 is 5.73 Å². The molecule has 0 aliphatic carbocycles. The molecule has 2 heterocycles. The Hall–Kier alpha value is -0.450. The highest BCUT2D eigenvalue weighted by atomic mass is 32.1. The molecular formula is C14H24N2OS. The van der Waals surface area contributed by atoms with E-state index in [9.17, 15) is 0 Å². The number of rotatable bonds is 3. The van der Waals surface area contributed by atoms with E-state index in [2.05, 4.69) is 33.1 Å². The molecule has 0 aromatic carbocycles. The van der Waals surface area contributed by atoms with Gasteiger partial charge in [0.1, 0.15) is 0 Å². The number of ether oxygens (including phenoxy) is 1. The molecule has 1 aromatic heterocycles. The molecule has 3 unspecified atom stereocenters. The predicted octanol–water partition coefficient (Wildman–Crippen LogP) is 2.74. The van der Waals surface area contributed by atoms with Gasteiger partial charge in [0.05, 0.1) is 23.4 Å². The predicted molar refractivity (Wildman–Crippen MR) is 76.0 cm³/mol. The summed E-state index contributed by atoms with van der Waals surface area (Å²) in [5.74, 6) is 0.488. The lowest BCUT2D eigenvalue weighted by Gasteiger charge is -2.17. The van der Waals surface area contributed by atoms with E-state index in [-0.39, 0.29) is 11.5 Å². The lowest BCUT2D eigenvalue weighted by Crippen LogP contribution is -2.32. The highest BCUT2D eigenvalue weighted by molar-refractivity contribution is 7.09. The van der Waals surface area contributed by atoms with Gasteiger partial charge in [-0.05, 0) is 13.3 Å². The maximum absolute atomic E-state index is 6.28. The van der Waals surface area contributed by atoms with Gasteiger partial charge in [0, 0.05) is 29.2 Å². The zero-order chi connectivity index (χ0) is 13.3. The van der Waals surface area contributed by atoms with Crippen molar-refractivity contribution in [1.82, 2.24) is 4.98 Å². The van der Waals surface area contributed by atoms with Crippen LogP contribution in [0, 0.1) is 5.92 Å². The first kappa shape index (κ1) is 14.0. The van der Waals surface area contributed by atoms with E-state index in [1.54, 1.807) is 11.3 Å². The van der Waals surface area contributed by atoms with E-state index < -0.39 is 0 Å². The van der Waals surface area contributed by atoms with Crippen LogP contribution in [-0.2, 0) is 16.6 Å². The topological polar surface area (TPSA) is 48.1 Å². The van der Waals surface area contributed by atoms with Crippen LogP contribution in [0.3, 0.4) is 0 Å². The second kappa shape index (κ2) is 5.27. The molecule has 102 valence electrons. The maximum atomic E-state index is 6.28. The van der Waals surface area contributed by atoms with Gasteiger partial charge in [0.25, 0.3) is 0 Å². The molecule has 0 radical (unpaired) electrons. The lowest BCUT2D eigenvalue weighted by atomic mass is 9.93. The Balaban J connectivity index is 1.95. The SMILES string of the molecule is CC1CC(C(N)Cc2nc(C(C)(C)C)cs2)CO1. The molecule has 18 heavy (non-hydrogen) atoms. The zero-order valence-electron chi connectivity index (χ0n) is 11.8. The molecule has 0 saturated carbocycles. The normalized spacial score (nSPS) is 26.5. The summed E-state index contributed by atoms with van der Waals surface area (Å²) in [6.45, 7) is 9.50. The summed E-state index contributed by atoms with van der Waals surface area (Å²) in [6, 6.07) is 0.175. The van der Waals surface area contributed by atoms with Gasteiger partial charge in [0.2, 0.25) is 0 Å². The van der Waals surface area contributed by atoms with Crippen molar-refractivity contribution in [3.8, 4) is 0 Å². The van der Waals surface area contributed by atoms with Crippen LogP contribution in [0.25, 0.3) is 0 Å². The maximum Gasteiger partial charge on any atom is 0.0944 e. The van der Waals surface area contributed by atoms with Crippen LogP contribution in [0.15, 0.2) is 5.38 Å². The highest BCUT2D eigenvalue weighted by Gasteiger charge is 2.28. The van der Waals surface area contributed by atoms with E-state index in [4.69, 9.17) is 15.5 Å². The van der Waals surface area contributed by atoms with Gasteiger partial charge in [-0.1, -0.05) is 20.8 Å². The third-order valence-electron chi connectivity index (χ3n) is 3.57. The number of hydrogen-bond donors (Lipinski definition) is 1. The minimum atomic E-state index is 0.129. The summed E-state index contributed by atoms with van der Waals surface area (Å²) < 4.78 is 5.59. The van der Waals surface area contributed by atoms with Crippen molar-refractivity contribution < 1.29 is 4.74 Å². The standard InChI is InChI=1S/C14H24N2OS/c1-9-5-10(7-17-9)11(15)6-13-16-12(8-18-13)14(2,3)4/h8-11H,5-7,15H2,1-4H3. The Kier molecular flexibility index (Phi) is 4.09. The summed E-state index contributed by atoms with van der Waals surface area (Å²) >= 11 is 1.73. The molecule has 1 aliphatic rings. The quantitative estimate of drug-likeness (QED) is 0.917. The molecule has 2 N–H and O–H groups in total. The summed E-state index contributed by atoms with van der Waals surface area (Å²) in [5, 5.41) is 3.32. The molecule has 1 aliphatic heterocycles. The van der Waals surface area contributed by atoms with Crippen LogP contribution in [0.1, 0.15) is 44.8 Å². The molecule has 3 nitrogen and oxygen atoms in total. The second-order valence-corrected chi connectivity index (χ2v) is 7.33. The summed E-state index contributed by atoms with van der Waals surface area (Å²) in [4.78, 5) is 4.71. The van der Waals surface area contributed by atoms with Crippen LogP contribution in [0.5, 0.6) is 0 Å². The molecule has 1 saturated heterocycles. The fourth-order valence-corrected chi connectivity index (χ4v) is 3.36. The van der Waals surface area contributed by atoms with Gasteiger partial charge in [-0.25, -0.2) is 4.98 Å². The van der Waals surface area contributed by atoms with Crippen LogP contribution >= 0.6 is 11.3 Å². The number of aromatic nitrogens is 1. The molecule has 1 fully saturated rings. The lowest BCUT2D eigenvalue weighted by molar-refractivity contribution is 0.118. The minimum Gasteiger partial charge on any atom is -0.378 e. The first-order valence-electron chi connectivity index (χ1n) is 6.68. The average Bonchev–Trinajstić information content (AvgIpc) is 2.85. The van der Waals surface area contributed by atoms with Gasteiger partial charge in [0.15, 0.2) is 0 Å². The zero-order valence-corrected chi connectivity index (χ0v) is 12.6. The monoisotopic (exact) mass is 268 g/mol. The molecule has 0 amide bonds. The Morgan fingerprint density at radius 2 is 2.28 bits per heavy atom. The van der Waals surface area contributed by atoms with Gasteiger partial charge in [-0.15, -0.1) is 11.3 Å². The van der Waals surface area contributed by atoms with E-state index in [1.165, 1.54) is 5.69 Å². The molecule has 0 spiro atoms.